The molecule has 0 radical (unpaired) electrons. The van der Waals surface area contributed by atoms with Crippen molar-refractivity contribution in [2.24, 2.45) is 0 Å². The Morgan fingerprint density at radius 3 is 2.18 bits per heavy atom. The zero-order chi connectivity index (χ0) is 19.8. The van der Waals surface area contributed by atoms with E-state index in [2.05, 4.69) is 24.3 Å². The van der Waals surface area contributed by atoms with Gasteiger partial charge < -0.3 is 9.84 Å². The molecule has 144 valence electrons. The molecule has 0 aromatic heterocycles. The maximum Gasteiger partial charge on any atom is 0.335 e. The van der Waals surface area contributed by atoms with Crippen molar-refractivity contribution in [1.29, 1.82) is 0 Å². The van der Waals surface area contributed by atoms with Crippen molar-refractivity contribution in [2.75, 3.05) is 0 Å². The van der Waals surface area contributed by atoms with Crippen molar-refractivity contribution < 1.29 is 14.6 Å². The lowest BCUT2D eigenvalue weighted by atomic mass is 10.00. The summed E-state index contributed by atoms with van der Waals surface area (Å²) in [5.74, 6) is 0.0413. The van der Waals surface area contributed by atoms with Gasteiger partial charge in [0.15, 0.2) is 0 Å². The highest BCUT2D eigenvalue weighted by Gasteiger charge is 2.07. The first-order valence-electron chi connectivity index (χ1n) is 9.70. The summed E-state index contributed by atoms with van der Waals surface area (Å²) in [4.78, 5) is 11.1. The number of hydrogen-bond donors (Lipinski definition) is 1. The first kappa shape index (κ1) is 19.7. The average Bonchev–Trinajstić information content (AvgIpc) is 2.70. The molecule has 3 aromatic carbocycles. The number of rotatable bonds is 9. The third-order valence-electron chi connectivity index (χ3n) is 4.85. The summed E-state index contributed by atoms with van der Waals surface area (Å²) in [7, 11) is 0. The van der Waals surface area contributed by atoms with Gasteiger partial charge in [-0.1, -0.05) is 54.6 Å². The van der Waals surface area contributed by atoms with E-state index in [0.29, 0.717) is 12.2 Å². The van der Waals surface area contributed by atoms with Gasteiger partial charge >= 0.3 is 5.97 Å². The molecule has 0 aliphatic heterocycles. The van der Waals surface area contributed by atoms with Crippen molar-refractivity contribution in [3.05, 3.63) is 101 Å². The molecule has 3 heteroatoms. The molecular formula is C25H26O3. The van der Waals surface area contributed by atoms with Crippen molar-refractivity contribution in [2.45, 2.75) is 39.2 Å². The van der Waals surface area contributed by atoms with E-state index in [-0.39, 0.29) is 0 Å². The summed E-state index contributed by atoms with van der Waals surface area (Å²) in [6.45, 7) is 2.43. The van der Waals surface area contributed by atoms with Gasteiger partial charge in [0.2, 0.25) is 0 Å². The van der Waals surface area contributed by atoms with Gasteiger partial charge in [-0.05, 0) is 73.1 Å². The summed E-state index contributed by atoms with van der Waals surface area (Å²) in [5, 5.41) is 9.11. The summed E-state index contributed by atoms with van der Waals surface area (Å²) in [6.07, 6.45) is 4.13. The molecule has 0 heterocycles. The van der Waals surface area contributed by atoms with Gasteiger partial charge in [-0.15, -0.1) is 0 Å². The summed E-state index contributed by atoms with van der Waals surface area (Å²) in [6, 6.07) is 24.1. The van der Waals surface area contributed by atoms with E-state index in [4.69, 9.17) is 9.84 Å². The highest BCUT2D eigenvalue weighted by atomic mass is 16.5. The van der Waals surface area contributed by atoms with E-state index in [1.54, 1.807) is 6.07 Å². The Kier molecular flexibility index (Phi) is 6.85. The molecule has 0 spiro atoms. The fourth-order valence-electron chi connectivity index (χ4n) is 3.31. The lowest BCUT2D eigenvalue weighted by Crippen LogP contribution is -2.00. The Morgan fingerprint density at radius 1 is 0.821 bits per heavy atom. The SMILES string of the molecule is Cc1cc(CCCCc2cccc(OCc3ccccc3)c2)ccc1C(=O)O. The van der Waals surface area contributed by atoms with E-state index >= 15 is 0 Å². The Hall–Kier alpha value is -3.07. The maximum atomic E-state index is 11.1. The van der Waals surface area contributed by atoms with Crippen LogP contribution in [0.4, 0.5) is 0 Å². The standard InChI is InChI=1S/C25H26O3/c1-19-16-21(14-15-24(19)25(26)27)9-6-5-8-20-12-7-13-23(17-20)28-18-22-10-3-2-4-11-22/h2-4,7,10-17H,5-6,8-9,18H2,1H3,(H,26,27). The minimum atomic E-state index is -0.863. The molecule has 28 heavy (non-hydrogen) atoms. The third-order valence-corrected chi connectivity index (χ3v) is 4.85. The zero-order valence-electron chi connectivity index (χ0n) is 16.2. The van der Waals surface area contributed by atoms with Crippen LogP contribution in [0.5, 0.6) is 5.75 Å². The topological polar surface area (TPSA) is 46.5 Å². The molecule has 0 atom stereocenters. The van der Waals surface area contributed by atoms with Crippen LogP contribution in [0.2, 0.25) is 0 Å². The second-order valence-electron chi connectivity index (χ2n) is 7.08. The van der Waals surface area contributed by atoms with E-state index in [1.807, 2.05) is 49.4 Å². The number of ether oxygens (including phenoxy) is 1. The average molecular weight is 374 g/mol. The molecule has 3 aromatic rings. The molecule has 1 N–H and O–H groups in total. The number of benzene rings is 3. The van der Waals surface area contributed by atoms with Crippen LogP contribution >= 0.6 is 0 Å². The Labute approximate surface area is 166 Å². The van der Waals surface area contributed by atoms with Crippen molar-refractivity contribution in [1.82, 2.24) is 0 Å². The predicted octanol–water partition coefficient (Wildman–Crippen LogP) is 5.84. The molecular weight excluding hydrogens is 348 g/mol. The van der Waals surface area contributed by atoms with Crippen LogP contribution in [0, 0.1) is 6.92 Å². The van der Waals surface area contributed by atoms with Crippen molar-refractivity contribution >= 4 is 5.97 Å². The first-order valence-corrected chi connectivity index (χ1v) is 9.70. The molecule has 0 aliphatic carbocycles. The predicted molar refractivity (Wildman–Crippen MR) is 112 cm³/mol. The number of aromatic carboxylic acids is 1. The van der Waals surface area contributed by atoms with E-state index < -0.39 is 5.97 Å². The van der Waals surface area contributed by atoms with E-state index in [1.165, 1.54) is 11.1 Å². The Bertz CT molecular complexity index is 916. The summed E-state index contributed by atoms with van der Waals surface area (Å²) < 4.78 is 5.90. The molecule has 0 unspecified atom stereocenters. The lowest BCUT2D eigenvalue weighted by molar-refractivity contribution is 0.0696. The van der Waals surface area contributed by atoms with Crippen LogP contribution < -0.4 is 4.74 Å². The van der Waals surface area contributed by atoms with E-state index in [9.17, 15) is 4.79 Å². The summed E-state index contributed by atoms with van der Waals surface area (Å²) in [5.41, 5.74) is 4.85. The zero-order valence-corrected chi connectivity index (χ0v) is 16.2. The normalized spacial score (nSPS) is 10.6. The highest BCUT2D eigenvalue weighted by Crippen LogP contribution is 2.18. The van der Waals surface area contributed by atoms with Gasteiger partial charge in [0.1, 0.15) is 12.4 Å². The number of unbranched alkanes of at least 4 members (excludes halogenated alkanes) is 1. The molecule has 0 amide bonds. The molecule has 0 saturated heterocycles. The second kappa shape index (κ2) is 9.75. The summed E-state index contributed by atoms with van der Waals surface area (Å²) >= 11 is 0. The van der Waals surface area contributed by atoms with Crippen LogP contribution in [0.1, 0.15) is 45.5 Å². The monoisotopic (exact) mass is 374 g/mol. The Balaban J connectivity index is 1.46. The van der Waals surface area contributed by atoms with Crippen molar-refractivity contribution in [3.8, 4) is 5.75 Å². The molecule has 0 bridgehead atoms. The number of carboxylic acids is 1. The molecule has 3 rings (SSSR count). The number of hydrogen-bond acceptors (Lipinski definition) is 2. The van der Waals surface area contributed by atoms with Crippen LogP contribution in [0.15, 0.2) is 72.8 Å². The van der Waals surface area contributed by atoms with Crippen LogP contribution in [0.3, 0.4) is 0 Å². The quantitative estimate of drug-likeness (QED) is 0.479. The largest absolute Gasteiger partial charge is 0.489 e. The maximum absolute atomic E-state index is 11.1. The molecule has 0 fully saturated rings. The number of carbonyl (C=O) groups is 1. The fraction of sp³-hybridized carbons (Fsp3) is 0.240. The van der Waals surface area contributed by atoms with Gasteiger partial charge in [0.25, 0.3) is 0 Å². The van der Waals surface area contributed by atoms with Crippen LogP contribution in [-0.2, 0) is 19.4 Å². The van der Waals surface area contributed by atoms with E-state index in [0.717, 1.165) is 42.6 Å². The minimum absolute atomic E-state index is 0.385. The van der Waals surface area contributed by atoms with Gasteiger partial charge in [0.05, 0.1) is 5.56 Å². The molecule has 0 aliphatic rings. The molecule has 0 saturated carbocycles. The van der Waals surface area contributed by atoms with Crippen molar-refractivity contribution in [3.63, 3.8) is 0 Å². The molecule has 3 nitrogen and oxygen atoms in total. The number of carboxylic acid groups (broad SMARTS) is 1. The van der Waals surface area contributed by atoms with Crippen LogP contribution in [-0.4, -0.2) is 11.1 Å². The Morgan fingerprint density at radius 2 is 1.50 bits per heavy atom. The van der Waals surface area contributed by atoms with Gasteiger partial charge in [-0.25, -0.2) is 4.79 Å². The van der Waals surface area contributed by atoms with Gasteiger partial charge in [-0.2, -0.15) is 0 Å². The highest BCUT2D eigenvalue weighted by molar-refractivity contribution is 5.89. The third kappa shape index (κ3) is 5.71. The first-order chi connectivity index (χ1) is 13.6. The number of aryl methyl sites for hydroxylation is 3. The minimum Gasteiger partial charge on any atom is -0.489 e. The van der Waals surface area contributed by atoms with Crippen LogP contribution in [0.25, 0.3) is 0 Å². The van der Waals surface area contributed by atoms with Gasteiger partial charge in [0, 0.05) is 0 Å². The lowest BCUT2D eigenvalue weighted by Gasteiger charge is -2.09. The fourth-order valence-corrected chi connectivity index (χ4v) is 3.31. The second-order valence-corrected chi connectivity index (χ2v) is 7.08. The van der Waals surface area contributed by atoms with Gasteiger partial charge in [-0.3, -0.25) is 0 Å². The smallest absolute Gasteiger partial charge is 0.335 e.